The molecule has 4 saturated heterocycles. The number of fused-ring (bicyclic) bond motifs is 7. The van der Waals surface area contributed by atoms with Crippen molar-refractivity contribution in [2.45, 2.75) is 121 Å². The number of hydrogen-bond acceptors (Lipinski definition) is 17. The van der Waals surface area contributed by atoms with Gasteiger partial charge in [-0.2, -0.15) is 0 Å². The predicted octanol–water partition coefficient (Wildman–Crippen LogP) is 1.31. The van der Waals surface area contributed by atoms with Gasteiger partial charge in [0.2, 0.25) is 6.29 Å². The molecule has 2 N–H and O–H groups in total. The van der Waals surface area contributed by atoms with E-state index in [0.29, 0.717) is 0 Å². The van der Waals surface area contributed by atoms with E-state index in [0.717, 1.165) is 21.1 Å². The largest absolute Gasteiger partial charge is 0.469 e. The van der Waals surface area contributed by atoms with E-state index in [-0.39, 0.29) is 24.0 Å². The summed E-state index contributed by atoms with van der Waals surface area (Å²) in [6.07, 6.45) is -1.76. The fraction of sp³-hybridized carbons (Fsp3) is 0.725. The van der Waals surface area contributed by atoms with Crippen molar-refractivity contribution in [1.29, 1.82) is 0 Å². The molecule has 2 bridgehead atoms. The number of ether oxygens (including phenoxy) is 10. The van der Waals surface area contributed by atoms with Gasteiger partial charge < -0.3 is 57.6 Å². The van der Waals surface area contributed by atoms with Gasteiger partial charge in [0.15, 0.2) is 5.60 Å². The molecule has 1 spiro atoms. The van der Waals surface area contributed by atoms with Crippen molar-refractivity contribution in [2.75, 3.05) is 27.4 Å². The number of esters is 5. The smallest absolute Gasteiger partial charge is 0.366 e. The van der Waals surface area contributed by atoms with Crippen molar-refractivity contribution in [3.8, 4) is 0 Å². The quantitative estimate of drug-likeness (QED) is 0.153. The summed E-state index contributed by atoms with van der Waals surface area (Å²) >= 11 is 0. The maximum Gasteiger partial charge on any atom is 0.366 e. The number of carbonyl (C=O) groups excluding carboxylic acids is 5. The molecule has 312 valence electrons. The molecule has 0 aromatic rings. The van der Waals surface area contributed by atoms with Crippen molar-refractivity contribution in [3.63, 3.8) is 0 Å². The summed E-state index contributed by atoms with van der Waals surface area (Å²) < 4.78 is 61.7. The lowest BCUT2D eigenvalue weighted by molar-refractivity contribution is -0.315. The molecular weight excluding hydrogens is 752 g/mol. The fourth-order valence-corrected chi connectivity index (χ4v) is 12.7. The average molecular weight is 803 g/mol. The third-order valence-electron chi connectivity index (χ3n) is 15.1. The minimum Gasteiger partial charge on any atom is -0.469 e. The monoisotopic (exact) mass is 802 g/mol. The van der Waals surface area contributed by atoms with E-state index in [9.17, 15) is 34.2 Å². The number of allylic oxidation sites excluding steroid dienone is 2. The summed E-state index contributed by atoms with van der Waals surface area (Å²) in [5.41, 5.74) is -9.68. The molecule has 0 radical (unpaired) electrons. The molecule has 8 rings (SSSR count). The van der Waals surface area contributed by atoms with Gasteiger partial charge >= 0.3 is 29.8 Å². The molecule has 16 atom stereocenters. The first kappa shape index (κ1) is 39.9. The minimum atomic E-state index is -2.89. The summed E-state index contributed by atoms with van der Waals surface area (Å²) in [6, 6.07) is 0. The zero-order valence-corrected chi connectivity index (χ0v) is 33.4. The normalized spacial score (nSPS) is 49.7. The first-order valence-electron chi connectivity index (χ1n) is 19.2. The fourth-order valence-electron chi connectivity index (χ4n) is 12.7. The lowest BCUT2D eigenvalue weighted by atomic mass is 9.37. The van der Waals surface area contributed by atoms with Gasteiger partial charge in [-0.05, 0) is 47.1 Å². The second-order valence-corrected chi connectivity index (χ2v) is 17.1. The van der Waals surface area contributed by atoms with Crippen molar-refractivity contribution in [3.05, 3.63) is 35.6 Å². The Morgan fingerprint density at radius 1 is 0.842 bits per heavy atom. The summed E-state index contributed by atoms with van der Waals surface area (Å²) in [7, 11) is 2.22. The molecule has 3 aliphatic carbocycles. The molecule has 57 heavy (non-hydrogen) atoms. The minimum absolute atomic E-state index is 0.202. The summed E-state index contributed by atoms with van der Waals surface area (Å²) in [6.45, 7) is 10.0. The van der Waals surface area contributed by atoms with Gasteiger partial charge in [-0.1, -0.05) is 19.1 Å². The zero-order chi connectivity index (χ0) is 41.5. The van der Waals surface area contributed by atoms with E-state index in [2.05, 4.69) is 0 Å². The summed E-state index contributed by atoms with van der Waals surface area (Å²) in [4.78, 5) is 69.7. The maximum absolute atomic E-state index is 14.5. The number of epoxide rings is 1. The lowest BCUT2D eigenvalue weighted by Crippen LogP contribution is -2.79. The highest BCUT2D eigenvalue weighted by Crippen LogP contribution is 2.83. The Labute approximate surface area is 328 Å². The van der Waals surface area contributed by atoms with Gasteiger partial charge in [-0.25, -0.2) is 14.4 Å². The van der Waals surface area contributed by atoms with Crippen LogP contribution >= 0.6 is 0 Å². The van der Waals surface area contributed by atoms with Crippen LogP contribution in [-0.2, 0) is 71.3 Å². The molecule has 7 fully saturated rings. The molecule has 5 aliphatic heterocycles. The molecule has 3 saturated carbocycles. The third kappa shape index (κ3) is 4.53. The van der Waals surface area contributed by atoms with Crippen LogP contribution in [0.2, 0.25) is 0 Å². The second kappa shape index (κ2) is 12.6. The second-order valence-electron chi connectivity index (χ2n) is 17.1. The van der Waals surface area contributed by atoms with Crippen LogP contribution in [0.3, 0.4) is 0 Å². The topological polar surface area (TPSA) is 221 Å². The predicted molar refractivity (Wildman–Crippen MR) is 188 cm³/mol. The van der Waals surface area contributed by atoms with Crippen molar-refractivity contribution < 1.29 is 81.6 Å². The first-order chi connectivity index (χ1) is 26.8. The Hall–Kier alpha value is -3.87. The maximum atomic E-state index is 14.5. The number of hydrogen-bond donors (Lipinski definition) is 2. The van der Waals surface area contributed by atoms with E-state index >= 15 is 0 Å². The molecule has 17 nitrogen and oxygen atoms in total. The van der Waals surface area contributed by atoms with E-state index in [1.54, 1.807) is 53.7 Å². The third-order valence-corrected chi connectivity index (χ3v) is 15.1. The SMILES string of the molecule is C/C=C(\C)C(=O)O[C@H]1C[C@@H](OC(C)=O)[C@@]2(C(=O)OC)CO[C@H]3[C@@H](OC(=O)/C(C)=C/C)[C@@](C)([C@]45O[C@@]4(C)[C@H]4C[C@@H]5O[C@@H]5OC=C[C@@]54O)[C@H]4[C@]1(CO[C@]4(O)C(=O)OC)[C@@H]32. The molecular formula is C40H50O17. The van der Waals surface area contributed by atoms with Gasteiger partial charge in [0, 0.05) is 47.7 Å². The summed E-state index contributed by atoms with van der Waals surface area (Å²) in [5, 5.41) is 25.1. The van der Waals surface area contributed by atoms with Gasteiger partial charge in [-0.3, -0.25) is 9.59 Å². The average Bonchev–Trinajstić information content (AvgIpc) is 3.55. The highest BCUT2D eigenvalue weighted by molar-refractivity contribution is 5.89. The molecule has 0 amide bonds. The molecule has 8 aliphatic rings. The Bertz CT molecular complexity index is 1910. The Balaban J connectivity index is 1.45. The Morgan fingerprint density at radius 2 is 1.49 bits per heavy atom. The van der Waals surface area contributed by atoms with E-state index in [4.69, 9.17) is 47.4 Å². The molecule has 17 heteroatoms. The van der Waals surface area contributed by atoms with Crippen LogP contribution in [0.4, 0.5) is 0 Å². The number of aliphatic hydroxyl groups is 2. The Morgan fingerprint density at radius 3 is 2.11 bits per heavy atom. The summed E-state index contributed by atoms with van der Waals surface area (Å²) in [5.74, 6) is -10.9. The van der Waals surface area contributed by atoms with Crippen LogP contribution < -0.4 is 0 Å². The van der Waals surface area contributed by atoms with Gasteiger partial charge in [0.1, 0.15) is 41.0 Å². The molecule has 5 heterocycles. The van der Waals surface area contributed by atoms with E-state index in [1.165, 1.54) is 12.3 Å². The highest BCUT2D eigenvalue weighted by Gasteiger charge is 2.97. The van der Waals surface area contributed by atoms with Gasteiger partial charge in [0.05, 0.1) is 45.2 Å². The Kier molecular flexibility index (Phi) is 8.81. The number of methoxy groups -OCH3 is 2. The van der Waals surface area contributed by atoms with E-state index < -0.39 is 136 Å². The first-order valence-corrected chi connectivity index (χ1v) is 19.2. The van der Waals surface area contributed by atoms with E-state index in [1.807, 2.05) is 0 Å². The van der Waals surface area contributed by atoms with Crippen LogP contribution in [0.5, 0.6) is 0 Å². The molecule has 0 aromatic carbocycles. The number of carbonyl (C=O) groups is 5. The molecule has 0 aromatic heterocycles. The highest BCUT2D eigenvalue weighted by atomic mass is 16.7. The molecule has 0 unspecified atom stereocenters. The van der Waals surface area contributed by atoms with Crippen molar-refractivity contribution in [1.82, 2.24) is 0 Å². The van der Waals surface area contributed by atoms with Crippen molar-refractivity contribution >= 4 is 29.8 Å². The number of rotatable bonds is 8. The van der Waals surface area contributed by atoms with Crippen LogP contribution in [0, 0.1) is 34.0 Å². The lowest BCUT2D eigenvalue weighted by Gasteiger charge is -2.66. The van der Waals surface area contributed by atoms with Gasteiger partial charge in [0.25, 0.3) is 5.79 Å². The van der Waals surface area contributed by atoms with Crippen LogP contribution in [0.1, 0.15) is 61.3 Å². The van der Waals surface area contributed by atoms with Crippen LogP contribution in [0.25, 0.3) is 0 Å². The standard InChI is InChI=1S/C40H50O17/c1-10-18(3)28(42)54-22-15-23(53-20(5)41)37(31(44)48-8)16-51-25-26(37)36(22)17-52-39(47,32(45)49-9)30(36)34(6,27(25)56-29(43)19(4)11-2)40-24-14-21(35(40,7)57-40)38(46)12-13-50-33(38)55-24/h10-13,21-27,30,33,46-47H,14-17H2,1-9H3/b18-10+,19-11+/t21-,22+,23-,24+,25-,26-,27-,30+,33+,34-,35+,36+,37+,38+,39+,40+/m1/s1. The van der Waals surface area contributed by atoms with Crippen LogP contribution in [0.15, 0.2) is 35.6 Å². The van der Waals surface area contributed by atoms with Crippen molar-refractivity contribution in [2.24, 2.45) is 34.0 Å². The van der Waals surface area contributed by atoms with Gasteiger partial charge in [-0.15, -0.1) is 0 Å². The zero-order valence-electron chi connectivity index (χ0n) is 33.4. The van der Waals surface area contributed by atoms with Crippen LogP contribution in [-0.4, -0.2) is 127 Å².